The summed E-state index contributed by atoms with van der Waals surface area (Å²) in [6.07, 6.45) is -6.21. The van der Waals surface area contributed by atoms with Gasteiger partial charge in [-0.1, -0.05) is 29.8 Å². The summed E-state index contributed by atoms with van der Waals surface area (Å²) in [5.41, 5.74) is 3.50. The van der Waals surface area contributed by atoms with Gasteiger partial charge in [-0.3, -0.25) is 9.59 Å². The quantitative estimate of drug-likeness (QED) is 0.519. The number of ether oxygens (including phenoxy) is 1. The van der Waals surface area contributed by atoms with Crippen molar-refractivity contribution in [3.05, 3.63) is 65.7 Å². The summed E-state index contributed by atoms with van der Waals surface area (Å²) in [5.74, 6) is -0.661. The molecule has 2 amide bonds. The fourth-order valence-electron chi connectivity index (χ4n) is 3.84. The maximum atomic E-state index is 12.9. The van der Waals surface area contributed by atoms with Gasteiger partial charge < -0.3 is 15.4 Å². The molecule has 0 bridgehead atoms. The third-order valence-corrected chi connectivity index (χ3v) is 5.70. The van der Waals surface area contributed by atoms with Gasteiger partial charge in [0.25, 0.3) is 0 Å². The number of benzene rings is 2. The zero-order valence-corrected chi connectivity index (χ0v) is 19.2. The molecule has 0 saturated carbocycles. The predicted octanol–water partition coefficient (Wildman–Crippen LogP) is 4.39. The molecule has 7 nitrogen and oxygen atoms in total. The standard InChI is InChI=1S/C25H25F3N4O3/c1-15-8-17(14-35-16(2)25(26,27)28)10-18(9-15)21-12-22(30-24(34)19-11-23(33)29-13-19)31-32(21)20-6-4-3-5-7-20/h3-10,12,16,19H,11,13-14H2,1-2H3,(H,29,33)(H,30,31,34)/t16-,19+/m1/s1. The molecule has 1 aromatic heterocycles. The van der Waals surface area contributed by atoms with Crippen LogP contribution < -0.4 is 10.6 Å². The number of rotatable bonds is 7. The zero-order valence-electron chi connectivity index (χ0n) is 19.2. The third kappa shape index (κ3) is 5.89. The number of aryl methyl sites for hydroxylation is 1. The zero-order chi connectivity index (χ0) is 25.2. The van der Waals surface area contributed by atoms with E-state index in [0.717, 1.165) is 18.2 Å². The molecule has 1 aliphatic rings. The van der Waals surface area contributed by atoms with Gasteiger partial charge in [0.1, 0.15) is 0 Å². The van der Waals surface area contributed by atoms with Crippen LogP contribution in [0.2, 0.25) is 0 Å². The second kappa shape index (κ2) is 9.91. The Balaban J connectivity index is 1.65. The lowest BCUT2D eigenvalue weighted by Crippen LogP contribution is -2.28. The first-order valence-corrected chi connectivity index (χ1v) is 11.1. The van der Waals surface area contributed by atoms with Gasteiger partial charge in [0.15, 0.2) is 11.9 Å². The summed E-state index contributed by atoms with van der Waals surface area (Å²) >= 11 is 0. The van der Waals surface area contributed by atoms with Gasteiger partial charge in [-0.15, -0.1) is 5.10 Å². The molecule has 1 fully saturated rings. The lowest BCUT2D eigenvalue weighted by Gasteiger charge is -2.17. The number of aromatic nitrogens is 2. The number of amides is 2. The molecule has 184 valence electrons. The van der Waals surface area contributed by atoms with Crippen molar-refractivity contribution in [2.75, 3.05) is 11.9 Å². The molecule has 2 heterocycles. The number of hydrogen-bond acceptors (Lipinski definition) is 4. The molecule has 0 radical (unpaired) electrons. The van der Waals surface area contributed by atoms with Crippen LogP contribution >= 0.6 is 0 Å². The second-order valence-corrected chi connectivity index (χ2v) is 8.56. The molecule has 1 saturated heterocycles. The van der Waals surface area contributed by atoms with Crippen LogP contribution in [0.3, 0.4) is 0 Å². The molecule has 2 N–H and O–H groups in total. The molecule has 4 rings (SSSR count). The van der Waals surface area contributed by atoms with Crippen molar-refractivity contribution >= 4 is 17.6 Å². The first-order valence-electron chi connectivity index (χ1n) is 11.1. The van der Waals surface area contributed by atoms with Crippen LogP contribution in [0.4, 0.5) is 19.0 Å². The topological polar surface area (TPSA) is 85.2 Å². The number of carbonyl (C=O) groups is 2. The van der Waals surface area contributed by atoms with E-state index in [-0.39, 0.29) is 31.4 Å². The lowest BCUT2D eigenvalue weighted by atomic mass is 10.0. The number of anilines is 1. The maximum absolute atomic E-state index is 12.9. The normalized spacial score (nSPS) is 16.7. The fourth-order valence-corrected chi connectivity index (χ4v) is 3.84. The SMILES string of the molecule is Cc1cc(CO[C@H](C)C(F)(F)F)cc(-c2cc(NC(=O)[C@@H]3CNC(=O)C3)nn2-c2ccccc2)c1. The van der Waals surface area contributed by atoms with E-state index < -0.39 is 18.2 Å². The molecule has 0 spiro atoms. The molecule has 2 aromatic carbocycles. The van der Waals surface area contributed by atoms with Gasteiger partial charge in [0.05, 0.1) is 23.9 Å². The van der Waals surface area contributed by atoms with Crippen LogP contribution in [0.25, 0.3) is 16.9 Å². The monoisotopic (exact) mass is 486 g/mol. The van der Waals surface area contributed by atoms with Crippen molar-refractivity contribution in [3.63, 3.8) is 0 Å². The van der Waals surface area contributed by atoms with Crippen molar-refractivity contribution in [1.82, 2.24) is 15.1 Å². The molecule has 35 heavy (non-hydrogen) atoms. The maximum Gasteiger partial charge on any atom is 0.414 e. The Kier molecular flexibility index (Phi) is 6.93. The number of hydrogen-bond donors (Lipinski definition) is 2. The number of alkyl halides is 3. The van der Waals surface area contributed by atoms with E-state index in [9.17, 15) is 22.8 Å². The van der Waals surface area contributed by atoms with Crippen LogP contribution in [0, 0.1) is 12.8 Å². The highest BCUT2D eigenvalue weighted by Gasteiger charge is 2.36. The van der Waals surface area contributed by atoms with Crippen LogP contribution in [-0.2, 0) is 20.9 Å². The van der Waals surface area contributed by atoms with E-state index in [0.29, 0.717) is 22.6 Å². The third-order valence-electron chi connectivity index (χ3n) is 5.70. The van der Waals surface area contributed by atoms with Crippen molar-refractivity contribution in [2.45, 2.75) is 39.2 Å². The molecule has 1 aliphatic heterocycles. The van der Waals surface area contributed by atoms with E-state index in [2.05, 4.69) is 15.7 Å². The van der Waals surface area contributed by atoms with Gasteiger partial charge in [0, 0.05) is 24.6 Å². The summed E-state index contributed by atoms with van der Waals surface area (Å²) in [6.45, 7) is 2.88. The van der Waals surface area contributed by atoms with E-state index in [1.807, 2.05) is 43.3 Å². The summed E-state index contributed by atoms with van der Waals surface area (Å²) < 4.78 is 45.3. The predicted molar refractivity (Wildman–Crippen MR) is 124 cm³/mol. The molecule has 10 heteroatoms. The van der Waals surface area contributed by atoms with E-state index in [4.69, 9.17) is 4.74 Å². The van der Waals surface area contributed by atoms with Crippen molar-refractivity contribution in [3.8, 4) is 16.9 Å². The Morgan fingerprint density at radius 2 is 1.97 bits per heavy atom. The van der Waals surface area contributed by atoms with Crippen molar-refractivity contribution < 1.29 is 27.5 Å². The summed E-state index contributed by atoms with van der Waals surface area (Å²) in [7, 11) is 0. The number of para-hydroxylation sites is 1. The summed E-state index contributed by atoms with van der Waals surface area (Å²) in [6, 6.07) is 16.4. The Morgan fingerprint density at radius 3 is 2.63 bits per heavy atom. The average Bonchev–Trinajstić information content (AvgIpc) is 3.43. The van der Waals surface area contributed by atoms with E-state index >= 15 is 0 Å². The molecule has 3 aromatic rings. The highest BCUT2D eigenvalue weighted by atomic mass is 19.4. The minimum atomic E-state index is -4.44. The highest BCUT2D eigenvalue weighted by molar-refractivity contribution is 5.97. The summed E-state index contributed by atoms with van der Waals surface area (Å²) in [4.78, 5) is 24.1. The van der Waals surface area contributed by atoms with Gasteiger partial charge in [-0.05, 0) is 43.7 Å². The highest BCUT2D eigenvalue weighted by Crippen LogP contribution is 2.29. The van der Waals surface area contributed by atoms with Gasteiger partial charge >= 0.3 is 6.18 Å². The Hall–Kier alpha value is -3.66. The smallest absolute Gasteiger partial charge is 0.364 e. The molecular weight excluding hydrogens is 461 g/mol. The number of halogens is 3. The molecule has 0 aliphatic carbocycles. The van der Waals surface area contributed by atoms with Gasteiger partial charge in [-0.2, -0.15) is 13.2 Å². The van der Waals surface area contributed by atoms with Crippen molar-refractivity contribution in [2.24, 2.45) is 5.92 Å². The minimum absolute atomic E-state index is 0.121. The number of nitrogens with zero attached hydrogens (tertiary/aromatic N) is 2. The van der Waals surface area contributed by atoms with Gasteiger partial charge in [-0.25, -0.2) is 4.68 Å². The van der Waals surface area contributed by atoms with E-state index in [1.165, 1.54) is 0 Å². The number of nitrogens with one attached hydrogen (secondary N) is 2. The van der Waals surface area contributed by atoms with Crippen LogP contribution in [0.5, 0.6) is 0 Å². The molecule has 2 atom stereocenters. The largest absolute Gasteiger partial charge is 0.414 e. The average molecular weight is 486 g/mol. The molecule has 0 unspecified atom stereocenters. The molecular formula is C25H25F3N4O3. The second-order valence-electron chi connectivity index (χ2n) is 8.56. The van der Waals surface area contributed by atoms with Crippen molar-refractivity contribution in [1.29, 1.82) is 0 Å². The van der Waals surface area contributed by atoms with E-state index in [1.54, 1.807) is 22.9 Å². The van der Waals surface area contributed by atoms with Gasteiger partial charge in [0.2, 0.25) is 11.8 Å². The Bertz CT molecular complexity index is 1220. The Labute approximate surface area is 200 Å². The summed E-state index contributed by atoms with van der Waals surface area (Å²) in [5, 5.41) is 9.97. The minimum Gasteiger partial charge on any atom is -0.364 e. The lowest BCUT2D eigenvalue weighted by molar-refractivity contribution is -0.217. The first kappa shape index (κ1) is 24.5. The van der Waals surface area contributed by atoms with Crippen LogP contribution in [0.15, 0.2) is 54.6 Å². The fraction of sp³-hybridized carbons (Fsp3) is 0.320. The Morgan fingerprint density at radius 1 is 1.23 bits per heavy atom. The van der Waals surface area contributed by atoms with Crippen LogP contribution in [0.1, 0.15) is 24.5 Å². The van der Waals surface area contributed by atoms with Crippen LogP contribution in [-0.4, -0.2) is 40.4 Å². The first-order chi connectivity index (χ1) is 16.6. The number of carbonyl (C=O) groups excluding carboxylic acids is 2.